The van der Waals surface area contributed by atoms with Crippen molar-refractivity contribution in [3.63, 3.8) is 0 Å². The number of aromatic nitrogens is 4. The molecule has 1 aromatic carbocycles. The zero-order valence-corrected chi connectivity index (χ0v) is 17.8. The van der Waals surface area contributed by atoms with Gasteiger partial charge in [0, 0.05) is 29.1 Å². The Bertz CT molecular complexity index is 1280. The molecule has 0 saturated carbocycles. The minimum atomic E-state index is -0.257. The van der Waals surface area contributed by atoms with E-state index < -0.39 is 0 Å². The third-order valence-corrected chi connectivity index (χ3v) is 6.05. The molecule has 3 aromatic heterocycles. The fourth-order valence-electron chi connectivity index (χ4n) is 3.55. The fourth-order valence-corrected chi connectivity index (χ4v) is 4.10. The number of nitrogens with zero attached hydrogens (tertiary/aromatic N) is 4. The van der Waals surface area contributed by atoms with Gasteiger partial charge in [-0.1, -0.05) is 42.5 Å². The minimum Gasteiger partial charge on any atom is -0.383 e. The third-order valence-electron chi connectivity index (χ3n) is 5.18. The maximum Gasteiger partial charge on any atom is 0.168 e. The molecule has 0 bridgehead atoms. The zero-order chi connectivity index (χ0) is 21.4. The number of halogens is 1. The average Bonchev–Trinajstić information content (AvgIpc) is 3.26. The van der Waals surface area contributed by atoms with Gasteiger partial charge >= 0.3 is 0 Å². The van der Waals surface area contributed by atoms with Crippen LogP contribution in [-0.4, -0.2) is 26.0 Å². The fraction of sp³-hybridized carbons (Fsp3) is 0.0435. The van der Waals surface area contributed by atoms with Gasteiger partial charge < -0.3 is 11.1 Å². The second kappa shape index (κ2) is 7.81. The summed E-state index contributed by atoms with van der Waals surface area (Å²) in [6.45, 7) is 0. The lowest BCUT2D eigenvalue weighted by Crippen LogP contribution is -2.25. The van der Waals surface area contributed by atoms with Gasteiger partial charge in [-0.15, -0.1) is 0 Å². The van der Waals surface area contributed by atoms with E-state index in [0.717, 1.165) is 44.5 Å². The second-order valence-corrected chi connectivity index (χ2v) is 7.92. The average molecular weight is 473 g/mol. The number of carbonyl (C=O) groups is 1. The van der Waals surface area contributed by atoms with Gasteiger partial charge in [0.15, 0.2) is 6.29 Å². The number of carbonyl (C=O) groups excluding carboxylic acids is 1. The molecule has 1 aliphatic rings. The minimum absolute atomic E-state index is 0.257. The summed E-state index contributed by atoms with van der Waals surface area (Å²) in [5.74, 6) is 1.25. The van der Waals surface area contributed by atoms with Gasteiger partial charge in [-0.05, 0) is 33.6 Å². The lowest BCUT2D eigenvalue weighted by atomic mass is 10.0. The van der Waals surface area contributed by atoms with E-state index in [1.54, 1.807) is 23.1 Å². The van der Waals surface area contributed by atoms with Crippen LogP contribution in [0.2, 0.25) is 0 Å². The Balaban J connectivity index is 1.51. The van der Waals surface area contributed by atoms with E-state index in [-0.39, 0.29) is 6.04 Å². The first-order chi connectivity index (χ1) is 15.2. The van der Waals surface area contributed by atoms with Crippen LogP contribution in [0.5, 0.6) is 0 Å². The maximum atomic E-state index is 10.9. The molecule has 7 nitrogen and oxygen atoms in total. The highest BCUT2D eigenvalue weighted by atomic mass is 79.9. The number of benzene rings is 1. The Morgan fingerprint density at radius 3 is 2.48 bits per heavy atom. The first-order valence-electron chi connectivity index (χ1n) is 9.59. The highest BCUT2D eigenvalue weighted by Crippen LogP contribution is 2.41. The van der Waals surface area contributed by atoms with Crippen LogP contribution in [0.4, 0.5) is 5.82 Å². The van der Waals surface area contributed by atoms with Crippen LogP contribution in [0.1, 0.15) is 22.1 Å². The largest absolute Gasteiger partial charge is 0.383 e. The molecule has 0 aliphatic carbocycles. The first-order valence-corrected chi connectivity index (χ1v) is 10.4. The summed E-state index contributed by atoms with van der Waals surface area (Å²) >= 11 is 3.58. The van der Waals surface area contributed by atoms with Crippen molar-refractivity contribution in [2.75, 3.05) is 5.32 Å². The van der Waals surface area contributed by atoms with E-state index in [4.69, 9.17) is 5.73 Å². The normalized spacial score (nSPS) is 15.3. The highest BCUT2D eigenvalue weighted by molar-refractivity contribution is 9.11. The molecule has 152 valence electrons. The lowest BCUT2D eigenvalue weighted by molar-refractivity contribution is 0.111. The molecular formula is C23H17BrN6O. The summed E-state index contributed by atoms with van der Waals surface area (Å²) in [5, 5.41) is 7.94. The SMILES string of the molecule is NC1=C(Br)C(c2ccc(C=O)nc2)Nc2c(-c3ccc(-c4ccccc4)nc3)cnn21. The number of nitrogens with two attached hydrogens (primary N) is 1. The smallest absolute Gasteiger partial charge is 0.168 e. The number of pyridine rings is 2. The maximum absolute atomic E-state index is 10.9. The molecule has 1 unspecified atom stereocenters. The summed E-state index contributed by atoms with van der Waals surface area (Å²) < 4.78 is 2.40. The van der Waals surface area contributed by atoms with Crippen LogP contribution in [0.25, 0.3) is 28.2 Å². The molecule has 4 heterocycles. The summed E-state index contributed by atoms with van der Waals surface area (Å²) in [7, 11) is 0. The Labute approximate surface area is 186 Å². The number of hydrogen-bond acceptors (Lipinski definition) is 6. The van der Waals surface area contributed by atoms with Crippen molar-refractivity contribution in [1.82, 2.24) is 19.7 Å². The summed E-state index contributed by atoms with van der Waals surface area (Å²) in [6, 6.07) is 17.3. The van der Waals surface area contributed by atoms with Crippen LogP contribution in [0, 0.1) is 0 Å². The molecule has 31 heavy (non-hydrogen) atoms. The molecule has 3 N–H and O–H groups in total. The molecule has 5 rings (SSSR count). The van der Waals surface area contributed by atoms with E-state index in [1.165, 1.54) is 0 Å². The van der Waals surface area contributed by atoms with Gasteiger partial charge in [-0.2, -0.15) is 5.10 Å². The van der Waals surface area contributed by atoms with Gasteiger partial charge in [-0.3, -0.25) is 14.8 Å². The number of fused-ring (bicyclic) bond motifs is 1. The van der Waals surface area contributed by atoms with Crippen molar-refractivity contribution >= 4 is 33.9 Å². The lowest BCUT2D eigenvalue weighted by Gasteiger charge is -2.27. The predicted octanol–water partition coefficient (Wildman–Crippen LogP) is 4.47. The Morgan fingerprint density at radius 2 is 1.81 bits per heavy atom. The molecule has 8 heteroatoms. The number of anilines is 1. The van der Waals surface area contributed by atoms with Gasteiger partial charge in [0.25, 0.3) is 0 Å². The highest BCUT2D eigenvalue weighted by Gasteiger charge is 2.29. The number of hydrogen-bond donors (Lipinski definition) is 2. The first kappa shape index (κ1) is 19.2. The van der Waals surface area contributed by atoms with Crippen LogP contribution < -0.4 is 11.1 Å². The summed E-state index contributed by atoms with van der Waals surface area (Å²) in [4.78, 5) is 19.7. The van der Waals surface area contributed by atoms with E-state index in [2.05, 4.69) is 36.3 Å². The van der Waals surface area contributed by atoms with E-state index in [1.807, 2.05) is 54.7 Å². The Kier molecular flexibility index (Phi) is 4.83. The molecule has 0 saturated heterocycles. The van der Waals surface area contributed by atoms with Gasteiger partial charge in [-0.25, -0.2) is 4.68 Å². The van der Waals surface area contributed by atoms with E-state index in [9.17, 15) is 4.79 Å². The van der Waals surface area contributed by atoms with Crippen molar-refractivity contribution in [3.8, 4) is 22.4 Å². The van der Waals surface area contributed by atoms with Gasteiger partial charge in [0.1, 0.15) is 17.3 Å². The predicted molar refractivity (Wildman–Crippen MR) is 123 cm³/mol. The molecular weight excluding hydrogens is 456 g/mol. The molecule has 0 radical (unpaired) electrons. The van der Waals surface area contributed by atoms with Crippen molar-refractivity contribution in [2.45, 2.75) is 6.04 Å². The van der Waals surface area contributed by atoms with Crippen LogP contribution >= 0.6 is 15.9 Å². The summed E-state index contributed by atoms with van der Waals surface area (Å²) in [5.41, 5.74) is 11.4. The topological polar surface area (TPSA) is 98.7 Å². The van der Waals surface area contributed by atoms with Crippen LogP contribution in [0.3, 0.4) is 0 Å². The van der Waals surface area contributed by atoms with Crippen LogP contribution in [-0.2, 0) is 0 Å². The van der Waals surface area contributed by atoms with Crippen molar-refractivity contribution in [3.05, 3.63) is 88.9 Å². The van der Waals surface area contributed by atoms with Crippen LogP contribution in [0.15, 0.2) is 77.7 Å². The standard InChI is InChI=1S/C23H17BrN6O/c24-20-21(16-6-8-17(13-31)26-11-16)29-23-18(12-28-30(23)22(20)25)15-7-9-19(27-10-15)14-4-2-1-3-5-14/h1-13,21,29H,25H2. The molecule has 1 aliphatic heterocycles. The third kappa shape index (κ3) is 3.40. The summed E-state index contributed by atoms with van der Waals surface area (Å²) in [6.07, 6.45) is 5.99. The molecule has 1 atom stereocenters. The quantitative estimate of drug-likeness (QED) is 0.425. The molecule has 0 spiro atoms. The van der Waals surface area contributed by atoms with E-state index in [0.29, 0.717) is 11.5 Å². The van der Waals surface area contributed by atoms with Crippen molar-refractivity contribution < 1.29 is 4.79 Å². The Morgan fingerprint density at radius 1 is 0.968 bits per heavy atom. The van der Waals surface area contributed by atoms with Crippen molar-refractivity contribution in [1.29, 1.82) is 0 Å². The number of aldehydes is 1. The number of rotatable bonds is 4. The molecule has 4 aromatic rings. The van der Waals surface area contributed by atoms with E-state index >= 15 is 0 Å². The molecule has 0 amide bonds. The van der Waals surface area contributed by atoms with Crippen molar-refractivity contribution in [2.24, 2.45) is 5.73 Å². The second-order valence-electron chi connectivity index (χ2n) is 7.06. The van der Waals surface area contributed by atoms with Gasteiger partial charge in [0.2, 0.25) is 0 Å². The zero-order valence-electron chi connectivity index (χ0n) is 16.2. The number of nitrogens with one attached hydrogen (secondary N) is 1. The molecule has 0 fully saturated rings. The monoisotopic (exact) mass is 472 g/mol. The van der Waals surface area contributed by atoms with Gasteiger partial charge in [0.05, 0.1) is 22.4 Å². The Hall–Kier alpha value is -3.78.